The van der Waals surface area contributed by atoms with E-state index in [0.29, 0.717) is 5.92 Å². The van der Waals surface area contributed by atoms with Gasteiger partial charge in [0.2, 0.25) is 0 Å². The summed E-state index contributed by atoms with van der Waals surface area (Å²) in [6, 6.07) is 9.46. The summed E-state index contributed by atoms with van der Waals surface area (Å²) in [5.41, 5.74) is 2.64. The lowest BCUT2D eigenvalue weighted by molar-refractivity contribution is 0.0970. The minimum Gasteiger partial charge on any atom is -0.377 e. The molecule has 1 N–H and O–H groups in total. The van der Waals surface area contributed by atoms with Crippen LogP contribution in [0.4, 0.5) is 0 Å². The Hall–Kier alpha value is -0.860. The zero-order chi connectivity index (χ0) is 12.1. The number of hydrogen-bond acceptors (Lipinski definition) is 2. The van der Waals surface area contributed by atoms with Crippen LogP contribution in [0.15, 0.2) is 24.3 Å². The van der Waals surface area contributed by atoms with Crippen LogP contribution in [-0.4, -0.2) is 12.6 Å². The molecule has 0 heterocycles. The molecule has 0 radical (unpaired) electrons. The smallest absolute Gasteiger partial charge is 0.0717 e. The topological polar surface area (TPSA) is 21.3 Å². The van der Waals surface area contributed by atoms with Gasteiger partial charge in [-0.15, -0.1) is 0 Å². The molecule has 2 heteroatoms. The summed E-state index contributed by atoms with van der Waals surface area (Å²) < 4.78 is 5.65. The summed E-state index contributed by atoms with van der Waals surface area (Å²) in [5.74, 6) is 0.606. The van der Waals surface area contributed by atoms with Crippen molar-refractivity contribution in [2.45, 2.75) is 45.9 Å². The van der Waals surface area contributed by atoms with Crippen molar-refractivity contribution < 1.29 is 4.74 Å². The van der Waals surface area contributed by atoms with Crippen LogP contribution in [0.5, 0.6) is 0 Å². The van der Waals surface area contributed by atoms with Crippen LogP contribution in [0.25, 0.3) is 0 Å². The molecule has 0 saturated heterocycles. The van der Waals surface area contributed by atoms with Gasteiger partial charge in [0.25, 0.3) is 0 Å². The summed E-state index contributed by atoms with van der Waals surface area (Å²) >= 11 is 0. The third-order valence-electron chi connectivity index (χ3n) is 2.88. The highest BCUT2D eigenvalue weighted by Crippen LogP contribution is 2.19. The highest BCUT2D eigenvalue weighted by Gasteiger charge is 2.19. The van der Waals surface area contributed by atoms with Crippen molar-refractivity contribution in [3.8, 4) is 0 Å². The molecule has 1 saturated carbocycles. The van der Waals surface area contributed by atoms with Gasteiger partial charge in [-0.2, -0.15) is 0 Å². The zero-order valence-electron chi connectivity index (χ0n) is 10.9. The van der Waals surface area contributed by atoms with E-state index in [0.717, 1.165) is 25.8 Å². The highest BCUT2D eigenvalue weighted by molar-refractivity contribution is 5.23. The summed E-state index contributed by atoms with van der Waals surface area (Å²) in [6.45, 7) is 6.91. The Morgan fingerprint density at radius 2 is 2.06 bits per heavy atom. The Balaban J connectivity index is 1.78. The van der Waals surface area contributed by atoms with Crippen molar-refractivity contribution in [1.29, 1.82) is 0 Å². The van der Waals surface area contributed by atoms with Crippen LogP contribution in [0.1, 0.15) is 37.8 Å². The molecule has 1 aromatic rings. The van der Waals surface area contributed by atoms with Crippen molar-refractivity contribution >= 4 is 0 Å². The molecule has 0 amide bonds. The number of rotatable bonds is 7. The van der Waals surface area contributed by atoms with E-state index < -0.39 is 0 Å². The van der Waals surface area contributed by atoms with Gasteiger partial charge in [0.1, 0.15) is 0 Å². The van der Waals surface area contributed by atoms with E-state index in [1.54, 1.807) is 0 Å². The van der Waals surface area contributed by atoms with E-state index >= 15 is 0 Å². The SMILES string of the molecule is CC(C)COCc1cccc(CNC2CC2)c1. The lowest BCUT2D eigenvalue weighted by Gasteiger charge is -2.09. The fraction of sp³-hybridized carbons (Fsp3) is 0.600. The molecule has 1 aliphatic carbocycles. The van der Waals surface area contributed by atoms with E-state index in [4.69, 9.17) is 4.74 Å². The van der Waals surface area contributed by atoms with Gasteiger partial charge < -0.3 is 10.1 Å². The number of hydrogen-bond donors (Lipinski definition) is 1. The second kappa shape index (κ2) is 6.18. The van der Waals surface area contributed by atoms with E-state index in [2.05, 4.69) is 43.4 Å². The third-order valence-corrected chi connectivity index (χ3v) is 2.88. The number of nitrogens with one attached hydrogen (secondary N) is 1. The number of benzene rings is 1. The van der Waals surface area contributed by atoms with Crippen molar-refractivity contribution in [3.63, 3.8) is 0 Å². The Kier molecular flexibility index (Phi) is 4.57. The molecule has 0 aliphatic heterocycles. The first kappa shape index (κ1) is 12.6. The van der Waals surface area contributed by atoms with Crippen LogP contribution in [0.3, 0.4) is 0 Å². The van der Waals surface area contributed by atoms with Gasteiger partial charge in [-0.3, -0.25) is 0 Å². The van der Waals surface area contributed by atoms with Crippen LogP contribution >= 0.6 is 0 Å². The lowest BCUT2D eigenvalue weighted by atomic mass is 10.1. The van der Waals surface area contributed by atoms with Gasteiger partial charge >= 0.3 is 0 Å². The van der Waals surface area contributed by atoms with E-state index in [9.17, 15) is 0 Å². The maximum absolute atomic E-state index is 5.65. The standard InChI is InChI=1S/C15H23NO/c1-12(2)10-17-11-14-5-3-4-13(8-14)9-16-15-6-7-15/h3-5,8,12,15-16H,6-7,9-11H2,1-2H3. The molecule has 1 aliphatic rings. The first-order valence-corrected chi connectivity index (χ1v) is 6.63. The molecule has 2 nitrogen and oxygen atoms in total. The Morgan fingerprint density at radius 3 is 2.76 bits per heavy atom. The monoisotopic (exact) mass is 233 g/mol. The predicted molar refractivity (Wildman–Crippen MR) is 70.8 cm³/mol. The van der Waals surface area contributed by atoms with Crippen molar-refractivity contribution in [3.05, 3.63) is 35.4 Å². The first-order chi connectivity index (χ1) is 8.24. The Morgan fingerprint density at radius 1 is 1.29 bits per heavy atom. The fourth-order valence-corrected chi connectivity index (χ4v) is 1.79. The van der Waals surface area contributed by atoms with Crippen LogP contribution < -0.4 is 5.32 Å². The maximum atomic E-state index is 5.65. The largest absolute Gasteiger partial charge is 0.377 e. The van der Waals surface area contributed by atoms with E-state index in [1.807, 2.05) is 0 Å². The average molecular weight is 233 g/mol. The van der Waals surface area contributed by atoms with Gasteiger partial charge in [0.05, 0.1) is 6.61 Å². The minimum absolute atomic E-state index is 0.606. The van der Waals surface area contributed by atoms with Gasteiger partial charge in [0, 0.05) is 19.2 Å². The second-order valence-electron chi connectivity index (χ2n) is 5.38. The molecule has 0 unspecified atom stereocenters. The average Bonchev–Trinajstić information content (AvgIpc) is 3.10. The quantitative estimate of drug-likeness (QED) is 0.781. The molecular formula is C15H23NO. The van der Waals surface area contributed by atoms with E-state index in [-0.39, 0.29) is 0 Å². The van der Waals surface area contributed by atoms with Crippen LogP contribution in [-0.2, 0) is 17.9 Å². The van der Waals surface area contributed by atoms with Crippen molar-refractivity contribution in [2.75, 3.05) is 6.61 Å². The highest BCUT2D eigenvalue weighted by atomic mass is 16.5. The van der Waals surface area contributed by atoms with E-state index in [1.165, 1.54) is 24.0 Å². The molecule has 0 spiro atoms. The molecule has 17 heavy (non-hydrogen) atoms. The molecule has 0 atom stereocenters. The van der Waals surface area contributed by atoms with Crippen molar-refractivity contribution in [1.82, 2.24) is 5.32 Å². The van der Waals surface area contributed by atoms with Gasteiger partial charge in [0.15, 0.2) is 0 Å². The Bertz CT molecular complexity index is 345. The van der Waals surface area contributed by atoms with Crippen LogP contribution in [0, 0.1) is 5.92 Å². The summed E-state index contributed by atoms with van der Waals surface area (Å²) in [4.78, 5) is 0. The Labute approximate surface area is 104 Å². The minimum atomic E-state index is 0.606. The van der Waals surface area contributed by atoms with Gasteiger partial charge in [-0.05, 0) is 29.9 Å². The summed E-state index contributed by atoms with van der Waals surface area (Å²) in [5, 5.41) is 3.53. The summed E-state index contributed by atoms with van der Waals surface area (Å²) in [7, 11) is 0. The normalized spacial score (nSPS) is 15.5. The second-order valence-corrected chi connectivity index (χ2v) is 5.38. The molecule has 1 aromatic carbocycles. The first-order valence-electron chi connectivity index (χ1n) is 6.63. The third kappa shape index (κ3) is 4.88. The molecule has 1 fully saturated rings. The zero-order valence-corrected chi connectivity index (χ0v) is 10.9. The molecule has 94 valence electrons. The molecular weight excluding hydrogens is 210 g/mol. The maximum Gasteiger partial charge on any atom is 0.0717 e. The van der Waals surface area contributed by atoms with Gasteiger partial charge in [-0.1, -0.05) is 38.1 Å². The molecule has 2 rings (SSSR count). The molecule has 0 bridgehead atoms. The van der Waals surface area contributed by atoms with Crippen molar-refractivity contribution in [2.24, 2.45) is 5.92 Å². The molecule has 0 aromatic heterocycles. The van der Waals surface area contributed by atoms with Gasteiger partial charge in [-0.25, -0.2) is 0 Å². The number of ether oxygens (including phenoxy) is 1. The summed E-state index contributed by atoms with van der Waals surface area (Å²) in [6.07, 6.45) is 2.69. The predicted octanol–water partition coefficient (Wildman–Crippen LogP) is 3.11. The fourth-order valence-electron chi connectivity index (χ4n) is 1.79. The van der Waals surface area contributed by atoms with Crippen LogP contribution in [0.2, 0.25) is 0 Å². The lowest BCUT2D eigenvalue weighted by Crippen LogP contribution is -2.15.